The van der Waals surface area contributed by atoms with Crippen molar-refractivity contribution in [3.05, 3.63) is 55.4 Å². The molecule has 0 spiro atoms. The summed E-state index contributed by atoms with van der Waals surface area (Å²) in [4.78, 5) is 10.1. The lowest BCUT2D eigenvalue weighted by atomic mass is 10.1. The number of rotatable bonds is 2. The summed E-state index contributed by atoms with van der Waals surface area (Å²) in [5.74, 6) is 0.640. The molecule has 0 amide bonds. The van der Waals surface area contributed by atoms with Crippen LogP contribution >= 0.6 is 54.8 Å². The zero-order valence-electron chi connectivity index (χ0n) is 10.9. The Morgan fingerprint density at radius 1 is 1.10 bits per heavy atom. The summed E-state index contributed by atoms with van der Waals surface area (Å²) in [5, 5.41) is 0.486. The number of hydrogen-bond acceptors (Lipinski definition) is 3. The van der Waals surface area contributed by atoms with Gasteiger partial charge in [0.2, 0.25) is 0 Å². The average molecular weight is 445 g/mol. The zero-order chi connectivity index (χ0) is 15.0. The number of aromatic nitrogens is 2. The first-order valence-electron chi connectivity index (χ1n) is 6.11. The van der Waals surface area contributed by atoms with Crippen LogP contribution in [0.3, 0.4) is 0 Å². The lowest BCUT2D eigenvalue weighted by Crippen LogP contribution is -1.96. The fourth-order valence-corrected chi connectivity index (χ4v) is 4.07. The third-order valence-electron chi connectivity index (χ3n) is 3.00. The van der Waals surface area contributed by atoms with Gasteiger partial charge in [0.05, 0.1) is 14.4 Å². The molecule has 106 valence electrons. The molecule has 6 heteroatoms. The minimum atomic E-state index is 0.486. The lowest BCUT2D eigenvalue weighted by Gasteiger charge is -2.08. The molecule has 0 saturated heterocycles. The Balaban J connectivity index is 2.18. The van der Waals surface area contributed by atoms with E-state index in [0.29, 0.717) is 11.0 Å². The van der Waals surface area contributed by atoms with Gasteiger partial charge in [-0.1, -0.05) is 41.9 Å². The van der Waals surface area contributed by atoms with Gasteiger partial charge in [0.1, 0.15) is 5.15 Å². The van der Waals surface area contributed by atoms with Crippen molar-refractivity contribution in [2.24, 2.45) is 0 Å². The van der Waals surface area contributed by atoms with E-state index in [-0.39, 0.29) is 0 Å². The van der Waals surface area contributed by atoms with E-state index in [1.54, 1.807) is 11.3 Å². The molecule has 0 aliphatic rings. The van der Waals surface area contributed by atoms with E-state index in [4.69, 9.17) is 16.6 Å². The van der Waals surface area contributed by atoms with Gasteiger partial charge in [-0.25, -0.2) is 9.97 Å². The van der Waals surface area contributed by atoms with Crippen LogP contribution in [-0.4, -0.2) is 9.97 Å². The smallest absolute Gasteiger partial charge is 0.171 e. The Hall–Kier alpha value is -0.750. The maximum atomic E-state index is 6.30. The van der Waals surface area contributed by atoms with Gasteiger partial charge < -0.3 is 0 Å². The molecule has 1 aromatic carbocycles. The molecule has 0 bridgehead atoms. The van der Waals surface area contributed by atoms with Gasteiger partial charge in [0, 0.05) is 15.6 Å². The van der Waals surface area contributed by atoms with E-state index in [1.807, 2.05) is 43.3 Å². The molecule has 2 nitrogen and oxygen atoms in total. The molecule has 0 N–H and O–H groups in total. The van der Waals surface area contributed by atoms with Crippen molar-refractivity contribution in [1.29, 1.82) is 0 Å². The van der Waals surface area contributed by atoms with Crippen molar-refractivity contribution < 1.29 is 0 Å². The first kappa shape index (κ1) is 15.2. The van der Waals surface area contributed by atoms with Crippen molar-refractivity contribution in [2.75, 3.05) is 0 Å². The van der Waals surface area contributed by atoms with E-state index in [2.05, 4.69) is 36.8 Å². The second kappa shape index (κ2) is 6.16. The molecule has 0 saturated carbocycles. The Morgan fingerprint density at radius 2 is 1.81 bits per heavy atom. The number of nitrogens with zero attached hydrogens (tertiary/aromatic N) is 2. The Bertz CT molecular complexity index is 783. The third-order valence-corrected chi connectivity index (χ3v) is 6.62. The summed E-state index contributed by atoms with van der Waals surface area (Å²) >= 11 is 14.8. The largest absolute Gasteiger partial charge is 0.227 e. The molecule has 0 radical (unpaired) electrons. The van der Waals surface area contributed by atoms with Gasteiger partial charge in [0.15, 0.2) is 5.82 Å². The summed E-state index contributed by atoms with van der Waals surface area (Å²) in [6.07, 6.45) is 0. The van der Waals surface area contributed by atoms with Crippen molar-refractivity contribution in [3.63, 3.8) is 0 Å². The zero-order valence-corrected chi connectivity index (χ0v) is 15.6. The molecular formula is C15H9Br2ClN2S. The molecule has 0 unspecified atom stereocenters. The molecule has 21 heavy (non-hydrogen) atoms. The maximum Gasteiger partial charge on any atom is 0.171 e. The summed E-state index contributed by atoms with van der Waals surface area (Å²) < 4.78 is 2.00. The van der Waals surface area contributed by atoms with Crippen molar-refractivity contribution in [1.82, 2.24) is 9.97 Å². The highest BCUT2D eigenvalue weighted by Crippen LogP contribution is 2.38. The monoisotopic (exact) mass is 442 g/mol. The van der Waals surface area contributed by atoms with Crippen LogP contribution in [-0.2, 0) is 0 Å². The van der Waals surface area contributed by atoms with E-state index < -0.39 is 0 Å². The highest BCUT2D eigenvalue weighted by Gasteiger charge is 2.15. The first-order chi connectivity index (χ1) is 10.1. The predicted molar refractivity (Wildman–Crippen MR) is 95.9 cm³/mol. The third kappa shape index (κ3) is 3.06. The van der Waals surface area contributed by atoms with Crippen LogP contribution in [0.25, 0.3) is 22.0 Å². The highest BCUT2D eigenvalue weighted by atomic mass is 79.9. The number of benzene rings is 1. The normalized spacial score (nSPS) is 10.9. The second-order valence-electron chi connectivity index (χ2n) is 4.41. The summed E-state index contributed by atoms with van der Waals surface area (Å²) in [5.41, 5.74) is 2.79. The van der Waals surface area contributed by atoms with Gasteiger partial charge in [-0.2, -0.15) is 0 Å². The quantitative estimate of drug-likeness (QED) is 0.430. The van der Waals surface area contributed by atoms with Crippen LogP contribution in [0.1, 0.15) is 5.56 Å². The molecule has 3 rings (SSSR count). The SMILES string of the molecule is Cc1c(Cl)nc(-c2cc(Br)c(Br)s2)nc1-c1ccccc1. The van der Waals surface area contributed by atoms with E-state index >= 15 is 0 Å². The van der Waals surface area contributed by atoms with Crippen LogP contribution in [0.15, 0.2) is 44.7 Å². The molecular weight excluding hydrogens is 436 g/mol. The van der Waals surface area contributed by atoms with Gasteiger partial charge in [-0.05, 0) is 44.8 Å². The Labute approximate surface area is 148 Å². The maximum absolute atomic E-state index is 6.30. The standard InChI is InChI=1S/C15H9Br2ClN2S/c1-8-12(9-5-3-2-4-6-9)19-15(20-14(8)18)11-7-10(16)13(17)21-11/h2-7H,1H3. The van der Waals surface area contributed by atoms with E-state index in [1.165, 1.54) is 0 Å². The van der Waals surface area contributed by atoms with Gasteiger partial charge in [0.25, 0.3) is 0 Å². The Kier molecular flexibility index (Phi) is 4.45. The molecule has 2 aromatic heterocycles. The summed E-state index contributed by atoms with van der Waals surface area (Å²) in [6, 6.07) is 12.0. The molecule has 0 aliphatic carbocycles. The Morgan fingerprint density at radius 3 is 2.43 bits per heavy atom. The van der Waals surface area contributed by atoms with Gasteiger partial charge in [-0.15, -0.1) is 11.3 Å². The van der Waals surface area contributed by atoms with Crippen molar-refractivity contribution in [3.8, 4) is 22.0 Å². The fraction of sp³-hybridized carbons (Fsp3) is 0.0667. The summed E-state index contributed by atoms with van der Waals surface area (Å²) in [7, 11) is 0. The molecule has 0 fully saturated rings. The van der Waals surface area contributed by atoms with Crippen LogP contribution in [0.5, 0.6) is 0 Å². The lowest BCUT2D eigenvalue weighted by molar-refractivity contribution is 1.15. The van der Waals surface area contributed by atoms with Crippen molar-refractivity contribution in [2.45, 2.75) is 6.92 Å². The molecule has 0 aliphatic heterocycles. The molecule has 3 aromatic rings. The number of thiophene rings is 1. The first-order valence-corrected chi connectivity index (χ1v) is 8.89. The van der Waals surface area contributed by atoms with Crippen molar-refractivity contribution >= 4 is 54.8 Å². The highest BCUT2D eigenvalue weighted by molar-refractivity contribution is 9.13. The van der Waals surface area contributed by atoms with Crippen LogP contribution in [0.2, 0.25) is 5.15 Å². The second-order valence-corrected chi connectivity index (χ2v) is 7.99. The van der Waals surface area contributed by atoms with Crippen LogP contribution in [0.4, 0.5) is 0 Å². The minimum absolute atomic E-state index is 0.486. The predicted octanol–water partition coefficient (Wildman–Crippen LogP) is 6.36. The minimum Gasteiger partial charge on any atom is -0.227 e. The number of halogens is 3. The number of hydrogen-bond donors (Lipinski definition) is 0. The van der Waals surface area contributed by atoms with Gasteiger partial charge in [-0.3, -0.25) is 0 Å². The molecule has 0 atom stereocenters. The molecule has 2 heterocycles. The topological polar surface area (TPSA) is 25.8 Å². The average Bonchev–Trinajstić information content (AvgIpc) is 2.82. The van der Waals surface area contributed by atoms with E-state index in [0.717, 1.165) is 30.0 Å². The summed E-state index contributed by atoms with van der Waals surface area (Å²) in [6.45, 7) is 1.94. The van der Waals surface area contributed by atoms with Gasteiger partial charge >= 0.3 is 0 Å². The fourth-order valence-electron chi connectivity index (χ4n) is 1.93. The van der Waals surface area contributed by atoms with Crippen LogP contribution < -0.4 is 0 Å². The van der Waals surface area contributed by atoms with Crippen LogP contribution in [0, 0.1) is 6.92 Å². The van der Waals surface area contributed by atoms with E-state index in [9.17, 15) is 0 Å².